The van der Waals surface area contributed by atoms with Crippen LogP contribution in [0.3, 0.4) is 0 Å². The number of sulfonamides is 1. The maximum absolute atomic E-state index is 13.5. The third-order valence-corrected chi connectivity index (χ3v) is 10.5. The van der Waals surface area contributed by atoms with E-state index in [2.05, 4.69) is 41.8 Å². The molecule has 0 radical (unpaired) electrons. The highest BCUT2D eigenvalue weighted by Crippen LogP contribution is 2.30. The van der Waals surface area contributed by atoms with Crippen LogP contribution in [0.5, 0.6) is 5.75 Å². The zero-order chi connectivity index (χ0) is 38.9. The largest absolute Gasteiger partial charge is 0.489 e. The molecule has 3 N–H and O–H groups in total. The van der Waals surface area contributed by atoms with Gasteiger partial charge in [0.05, 0.1) is 9.82 Å². The number of nitrogens with zero attached hydrogens (tertiary/aromatic N) is 1. The van der Waals surface area contributed by atoms with Crippen molar-refractivity contribution in [1.29, 1.82) is 0 Å². The van der Waals surface area contributed by atoms with Gasteiger partial charge in [-0.15, -0.1) is 0 Å². The molecule has 5 rings (SSSR count). The van der Waals surface area contributed by atoms with Gasteiger partial charge in [0.25, 0.3) is 21.6 Å². The summed E-state index contributed by atoms with van der Waals surface area (Å²) in [6, 6.07) is 25.4. The number of nitro groups is 1. The molecule has 4 aromatic rings. The predicted molar refractivity (Wildman–Crippen MR) is 208 cm³/mol. The van der Waals surface area contributed by atoms with Gasteiger partial charge in [-0.25, -0.2) is 17.9 Å². The van der Waals surface area contributed by atoms with Crippen LogP contribution in [0.4, 0.5) is 16.2 Å². The molecule has 1 saturated carbocycles. The zero-order valence-electron chi connectivity index (χ0n) is 31.1. The van der Waals surface area contributed by atoms with Crippen molar-refractivity contribution in [3.63, 3.8) is 0 Å². The van der Waals surface area contributed by atoms with Gasteiger partial charge in [-0.3, -0.25) is 14.9 Å². The van der Waals surface area contributed by atoms with Crippen LogP contribution in [0.1, 0.15) is 69.6 Å². The maximum atomic E-state index is 13.5. The van der Waals surface area contributed by atoms with E-state index in [9.17, 15) is 28.1 Å². The number of hydrogen-bond acceptors (Lipinski definition) is 9. The molecule has 2 amide bonds. The molecule has 0 aliphatic heterocycles. The standard InChI is InChI=1S/C41H48N4O8S/c1-28-10-16-32(17-11-28)33-18-12-31(13-19-33)27-52-34-20-14-29(15-21-34)24-37(43-40(47)53-41(2,3)4)39(46)44-54(50,51)35-22-23-36(38(25-35)45(48)49)42-26-30-8-6-5-7-9-30/h10-23,25,30,37,42H,5-9,24,26-27H2,1-4H3,(H,43,47)(H,44,46)/t37-/m0/s1. The van der Waals surface area contributed by atoms with E-state index in [0.29, 0.717) is 30.4 Å². The second-order valence-corrected chi connectivity index (χ2v) is 16.4. The molecule has 12 nitrogen and oxygen atoms in total. The number of anilines is 1. The number of amides is 2. The number of hydrogen-bond donors (Lipinski definition) is 3. The first-order valence-electron chi connectivity index (χ1n) is 18.1. The lowest BCUT2D eigenvalue weighted by atomic mass is 9.89. The molecule has 0 aromatic heterocycles. The summed E-state index contributed by atoms with van der Waals surface area (Å²) in [6.45, 7) is 7.89. The Hall–Kier alpha value is -5.43. The van der Waals surface area contributed by atoms with Crippen molar-refractivity contribution in [3.05, 3.63) is 118 Å². The Morgan fingerprint density at radius 3 is 2.09 bits per heavy atom. The number of nitrogens with one attached hydrogen (secondary N) is 3. The van der Waals surface area contributed by atoms with E-state index in [1.54, 1.807) is 45.0 Å². The van der Waals surface area contributed by atoms with Gasteiger partial charge in [-0.1, -0.05) is 85.5 Å². The van der Waals surface area contributed by atoms with Gasteiger partial charge >= 0.3 is 6.09 Å². The molecular formula is C41H48N4O8S. The molecule has 0 unspecified atom stereocenters. The van der Waals surface area contributed by atoms with Crippen molar-refractivity contribution in [2.75, 3.05) is 11.9 Å². The van der Waals surface area contributed by atoms with Crippen LogP contribution in [0, 0.1) is 23.0 Å². The molecule has 286 valence electrons. The van der Waals surface area contributed by atoms with Crippen LogP contribution in [-0.4, -0.2) is 43.5 Å². The van der Waals surface area contributed by atoms with Crippen LogP contribution < -0.4 is 20.1 Å². The summed E-state index contributed by atoms with van der Waals surface area (Å²) in [4.78, 5) is 37.1. The molecule has 1 aliphatic rings. The fourth-order valence-electron chi connectivity index (χ4n) is 6.21. The second-order valence-electron chi connectivity index (χ2n) is 14.7. The van der Waals surface area contributed by atoms with E-state index in [1.807, 2.05) is 29.0 Å². The van der Waals surface area contributed by atoms with Crippen molar-refractivity contribution >= 4 is 33.4 Å². The van der Waals surface area contributed by atoms with Gasteiger partial charge in [0, 0.05) is 19.0 Å². The van der Waals surface area contributed by atoms with Gasteiger partial charge in [0.2, 0.25) is 0 Å². The highest BCUT2D eigenvalue weighted by Gasteiger charge is 2.30. The Morgan fingerprint density at radius 2 is 1.48 bits per heavy atom. The van der Waals surface area contributed by atoms with Gasteiger partial charge in [-0.05, 0) is 93.0 Å². The lowest BCUT2D eigenvalue weighted by Gasteiger charge is -2.23. The first-order valence-corrected chi connectivity index (χ1v) is 19.6. The average Bonchev–Trinajstić information content (AvgIpc) is 3.13. The molecule has 4 aromatic carbocycles. The van der Waals surface area contributed by atoms with E-state index in [-0.39, 0.29) is 12.1 Å². The fraction of sp³-hybridized carbons (Fsp3) is 0.366. The number of aryl methyl sites for hydroxylation is 1. The minimum Gasteiger partial charge on any atom is -0.489 e. The number of carbonyl (C=O) groups excluding carboxylic acids is 2. The molecule has 1 atom stereocenters. The highest BCUT2D eigenvalue weighted by molar-refractivity contribution is 7.90. The molecular weight excluding hydrogens is 709 g/mol. The Balaban J connectivity index is 1.25. The number of rotatable bonds is 14. The van der Waals surface area contributed by atoms with E-state index >= 15 is 0 Å². The third-order valence-electron chi connectivity index (χ3n) is 9.13. The topological polar surface area (TPSA) is 166 Å². The zero-order valence-corrected chi connectivity index (χ0v) is 31.9. The first kappa shape index (κ1) is 39.8. The second kappa shape index (κ2) is 17.6. The summed E-state index contributed by atoms with van der Waals surface area (Å²) >= 11 is 0. The molecule has 0 spiro atoms. The van der Waals surface area contributed by atoms with Crippen LogP contribution in [-0.2, 0) is 32.6 Å². The molecule has 1 fully saturated rings. The van der Waals surface area contributed by atoms with E-state index in [1.165, 1.54) is 24.1 Å². The molecule has 13 heteroatoms. The molecule has 1 aliphatic carbocycles. The van der Waals surface area contributed by atoms with Gasteiger partial charge in [0.1, 0.15) is 29.7 Å². The van der Waals surface area contributed by atoms with Crippen LogP contribution in [0.15, 0.2) is 95.9 Å². The Kier molecular flexibility index (Phi) is 13.0. The summed E-state index contributed by atoms with van der Waals surface area (Å²) in [6.07, 6.45) is 4.45. The number of carbonyl (C=O) groups is 2. The van der Waals surface area contributed by atoms with Crippen molar-refractivity contribution in [3.8, 4) is 16.9 Å². The summed E-state index contributed by atoms with van der Waals surface area (Å²) in [5, 5.41) is 17.5. The lowest BCUT2D eigenvalue weighted by molar-refractivity contribution is -0.384. The lowest BCUT2D eigenvalue weighted by Crippen LogP contribution is -2.50. The summed E-state index contributed by atoms with van der Waals surface area (Å²) in [7, 11) is -4.58. The Bertz CT molecular complexity index is 2020. The molecule has 0 bridgehead atoms. The SMILES string of the molecule is Cc1ccc(-c2ccc(COc3ccc(C[C@H](NC(=O)OC(C)(C)C)C(=O)NS(=O)(=O)c4ccc(NCC5CCCCC5)c([N+](=O)[O-])c4)cc3)cc2)cc1. The van der Waals surface area contributed by atoms with Gasteiger partial charge in [0.15, 0.2) is 0 Å². The molecule has 54 heavy (non-hydrogen) atoms. The Morgan fingerprint density at radius 1 is 0.870 bits per heavy atom. The number of ether oxygens (including phenoxy) is 2. The quantitative estimate of drug-likeness (QED) is 0.0852. The monoisotopic (exact) mass is 756 g/mol. The number of alkyl carbamates (subject to hydrolysis) is 1. The first-order chi connectivity index (χ1) is 25.6. The predicted octanol–water partition coefficient (Wildman–Crippen LogP) is 8.08. The molecule has 0 heterocycles. The average molecular weight is 757 g/mol. The summed E-state index contributed by atoms with van der Waals surface area (Å²) in [5.74, 6) is -0.0899. The molecule has 0 saturated heterocycles. The smallest absolute Gasteiger partial charge is 0.408 e. The summed E-state index contributed by atoms with van der Waals surface area (Å²) < 4.78 is 40.1. The van der Waals surface area contributed by atoms with Crippen molar-refractivity contribution in [2.45, 2.75) is 89.4 Å². The van der Waals surface area contributed by atoms with Crippen molar-refractivity contribution < 1.29 is 32.4 Å². The number of nitro benzene ring substituents is 1. The fourth-order valence-corrected chi connectivity index (χ4v) is 7.25. The van der Waals surface area contributed by atoms with Gasteiger partial charge < -0.3 is 20.1 Å². The Labute approximate surface area is 316 Å². The van der Waals surface area contributed by atoms with Crippen molar-refractivity contribution in [2.24, 2.45) is 5.92 Å². The third kappa shape index (κ3) is 11.5. The van der Waals surface area contributed by atoms with Gasteiger partial charge in [-0.2, -0.15) is 0 Å². The summed E-state index contributed by atoms with van der Waals surface area (Å²) in [5.41, 5.74) is 3.89. The maximum Gasteiger partial charge on any atom is 0.408 e. The van der Waals surface area contributed by atoms with Crippen LogP contribution in [0.2, 0.25) is 0 Å². The minimum absolute atomic E-state index is 0.0917. The van der Waals surface area contributed by atoms with E-state index < -0.39 is 49.2 Å². The highest BCUT2D eigenvalue weighted by atomic mass is 32.2. The van der Waals surface area contributed by atoms with Crippen LogP contribution in [0.25, 0.3) is 11.1 Å². The van der Waals surface area contributed by atoms with E-state index in [0.717, 1.165) is 48.4 Å². The van der Waals surface area contributed by atoms with E-state index in [4.69, 9.17) is 9.47 Å². The minimum atomic E-state index is -4.58. The van der Waals surface area contributed by atoms with Crippen LogP contribution >= 0.6 is 0 Å². The normalized spacial score (nSPS) is 14.1. The number of benzene rings is 4. The van der Waals surface area contributed by atoms with Crippen molar-refractivity contribution in [1.82, 2.24) is 10.0 Å².